The second-order valence-electron chi connectivity index (χ2n) is 8.98. The fraction of sp³-hybridized carbons (Fsp3) is 0.714. The van der Waals surface area contributed by atoms with Crippen LogP contribution in [0, 0.1) is 0 Å². The zero-order valence-corrected chi connectivity index (χ0v) is 18.3. The van der Waals surface area contributed by atoms with Gasteiger partial charge in [-0.25, -0.2) is 4.79 Å². The van der Waals surface area contributed by atoms with Crippen molar-refractivity contribution >= 4 is 18.7 Å². The molecule has 0 spiro atoms. The number of amides is 1. The first-order valence-corrected chi connectivity index (χ1v) is 10.6. The summed E-state index contributed by atoms with van der Waals surface area (Å²) in [6, 6.07) is 3.40. The first kappa shape index (κ1) is 21.9. The van der Waals surface area contributed by atoms with E-state index >= 15 is 0 Å². The summed E-state index contributed by atoms with van der Waals surface area (Å²) in [4.78, 5) is 26.4. The number of hydrogen-bond donors (Lipinski definition) is 0. The molecule has 1 amide bonds. The Labute approximate surface area is 173 Å². The molecule has 2 saturated heterocycles. The van der Waals surface area contributed by atoms with Gasteiger partial charge < -0.3 is 23.5 Å². The van der Waals surface area contributed by atoms with E-state index in [1.54, 1.807) is 21.6 Å². The quantitative estimate of drug-likeness (QED) is 0.558. The predicted molar refractivity (Wildman–Crippen MR) is 113 cm³/mol. The number of carbonyl (C=O) groups excluding carboxylic acids is 1. The molecule has 3 rings (SSSR count). The number of likely N-dealkylation sites (tertiary alicyclic amines) is 1. The van der Waals surface area contributed by atoms with Crippen molar-refractivity contribution in [1.29, 1.82) is 0 Å². The van der Waals surface area contributed by atoms with Crippen molar-refractivity contribution in [3.63, 3.8) is 0 Å². The maximum Gasteiger partial charge on any atom is 0.496 e. The second-order valence-corrected chi connectivity index (χ2v) is 8.98. The predicted octanol–water partition coefficient (Wildman–Crippen LogP) is 2.72. The number of rotatable bonds is 5. The van der Waals surface area contributed by atoms with E-state index in [1.807, 2.05) is 33.9 Å². The standard InChI is InChI=1S/C21H33BN2O5/c1-6-7-14-27-19(26)23-12-10-17(11-13-23)24-15-16(8-9-18(24)25)22-28-20(2,3)21(4,5)29-22/h8-9,15,17H,6-7,10-14H2,1-5H3. The Bertz CT molecular complexity index is 768. The molecular weight excluding hydrogens is 371 g/mol. The number of ether oxygens (including phenoxy) is 1. The number of nitrogens with zero attached hydrogens (tertiary/aromatic N) is 2. The van der Waals surface area contributed by atoms with Crippen LogP contribution in [-0.4, -0.2) is 53.6 Å². The lowest BCUT2D eigenvalue weighted by Crippen LogP contribution is -2.43. The average Bonchev–Trinajstić information content (AvgIpc) is 2.90. The van der Waals surface area contributed by atoms with Gasteiger partial charge in [-0.3, -0.25) is 4.79 Å². The summed E-state index contributed by atoms with van der Waals surface area (Å²) < 4.78 is 19.3. The molecule has 0 saturated carbocycles. The van der Waals surface area contributed by atoms with Gasteiger partial charge in [-0.15, -0.1) is 0 Å². The SMILES string of the molecule is CCCCOC(=O)N1CCC(n2cc(B3OC(C)(C)C(C)(C)O3)ccc2=O)CC1. The first-order chi connectivity index (χ1) is 13.6. The van der Waals surface area contributed by atoms with Crippen LogP contribution in [0.4, 0.5) is 4.79 Å². The molecule has 7 nitrogen and oxygen atoms in total. The molecule has 0 unspecified atom stereocenters. The van der Waals surface area contributed by atoms with Crippen molar-refractivity contribution < 1.29 is 18.8 Å². The normalized spacial score (nSPS) is 21.4. The minimum Gasteiger partial charge on any atom is -0.449 e. The highest BCUT2D eigenvalue weighted by atomic mass is 16.7. The van der Waals surface area contributed by atoms with Gasteiger partial charge >= 0.3 is 13.2 Å². The summed E-state index contributed by atoms with van der Waals surface area (Å²) in [5.41, 5.74) is -0.0663. The van der Waals surface area contributed by atoms with Crippen LogP contribution < -0.4 is 11.0 Å². The van der Waals surface area contributed by atoms with E-state index in [-0.39, 0.29) is 17.7 Å². The van der Waals surface area contributed by atoms with Gasteiger partial charge in [-0.05, 0) is 52.4 Å². The maximum atomic E-state index is 12.5. The molecule has 2 aliphatic heterocycles. The van der Waals surface area contributed by atoms with Crippen LogP contribution in [0.5, 0.6) is 0 Å². The van der Waals surface area contributed by atoms with Gasteiger partial charge in [-0.2, -0.15) is 0 Å². The van der Waals surface area contributed by atoms with Gasteiger partial charge in [0.25, 0.3) is 5.56 Å². The Morgan fingerprint density at radius 3 is 2.38 bits per heavy atom. The number of piperidine rings is 1. The third-order valence-electron chi connectivity index (χ3n) is 6.33. The zero-order valence-electron chi connectivity index (χ0n) is 18.3. The smallest absolute Gasteiger partial charge is 0.449 e. The van der Waals surface area contributed by atoms with Gasteiger partial charge in [0.05, 0.1) is 17.8 Å². The Kier molecular flexibility index (Phi) is 6.43. The van der Waals surface area contributed by atoms with Gasteiger partial charge in [-0.1, -0.05) is 19.4 Å². The summed E-state index contributed by atoms with van der Waals surface area (Å²) in [5, 5.41) is 0. The van der Waals surface area contributed by atoms with Gasteiger partial charge in [0.1, 0.15) is 0 Å². The van der Waals surface area contributed by atoms with Crippen LogP contribution in [0.3, 0.4) is 0 Å². The highest BCUT2D eigenvalue weighted by Gasteiger charge is 2.51. The third-order valence-corrected chi connectivity index (χ3v) is 6.33. The second kappa shape index (κ2) is 8.52. The summed E-state index contributed by atoms with van der Waals surface area (Å²) in [6.07, 6.45) is 4.91. The molecule has 0 aliphatic carbocycles. The lowest BCUT2D eigenvalue weighted by Gasteiger charge is -2.32. The Balaban J connectivity index is 1.66. The fourth-order valence-corrected chi connectivity index (χ4v) is 3.65. The van der Waals surface area contributed by atoms with Crippen molar-refractivity contribution in [2.24, 2.45) is 0 Å². The van der Waals surface area contributed by atoms with Crippen molar-refractivity contribution in [3.8, 4) is 0 Å². The molecule has 0 radical (unpaired) electrons. The average molecular weight is 404 g/mol. The summed E-state index contributed by atoms with van der Waals surface area (Å²) in [7, 11) is -0.500. The molecule has 3 heterocycles. The molecule has 160 valence electrons. The van der Waals surface area contributed by atoms with E-state index in [4.69, 9.17) is 14.0 Å². The highest BCUT2D eigenvalue weighted by molar-refractivity contribution is 6.62. The molecule has 0 bridgehead atoms. The van der Waals surface area contributed by atoms with Crippen molar-refractivity contribution in [3.05, 3.63) is 28.7 Å². The van der Waals surface area contributed by atoms with E-state index in [0.717, 1.165) is 31.1 Å². The molecule has 2 fully saturated rings. The van der Waals surface area contributed by atoms with Gasteiger partial charge in [0, 0.05) is 31.4 Å². The number of carbonyl (C=O) groups is 1. The molecule has 8 heteroatoms. The van der Waals surface area contributed by atoms with E-state index in [9.17, 15) is 9.59 Å². The fourth-order valence-electron chi connectivity index (χ4n) is 3.65. The van der Waals surface area contributed by atoms with Crippen LogP contribution in [0.15, 0.2) is 23.1 Å². The molecule has 29 heavy (non-hydrogen) atoms. The van der Waals surface area contributed by atoms with Crippen LogP contribution >= 0.6 is 0 Å². The third kappa shape index (κ3) is 4.69. The van der Waals surface area contributed by atoms with Crippen LogP contribution in [0.2, 0.25) is 0 Å². The van der Waals surface area contributed by atoms with Crippen LogP contribution in [0.25, 0.3) is 0 Å². The Morgan fingerprint density at radius 2 is 1.79 bits per heavy atom. The van der Waals surface area contributed by atoms with Crippen molar-refractivity contribution in [2.75, 3.05) is 19.7 Å². The lowest BCUT2D eigenvalue weighted by molar-refractivity contribution is 0.00578. The first-order valence-electron chi connectivity index (χ1n) is 10.6. The Hall–Kier alpha value is -1.80. The number of hydrogen-bond acceptors (Lipinski definition) is 5. The van der Waals surface area contributed by atoms with Gasteiger partial charge in [0.2, 0.25) is 0 Å². The molecule has 0 N–H and O–H groups in total. The molecule has 1 aromatic heterocycles. The summed E-state index contributed by atoms with van der Waals surface area (Å²) >= 11 is 0. The van der Waals surface area contributed by atoms with Gasteiger partial charge in [0.15, 0.2) is 0 Å². The highest BCUT2D eigenvalue weighted by Crippen LogP contribution is 2.36. The minimum absolute atomic E-state index is 0.0459. The largest absolute Gasteiger partial charge is 0.496 e. The minimum atomic E-state index is -0.500. The maximum absolute atomic E-state index is 12.5. The molecule has 1 aromatic rings. The van der Waals surface area contributed by atoms with E-state index in [2.05, 4.69) is 6.92 Å². The summed E-state index contributed by atoms with van der Waals surface area (Å²) in [5.74, 6) is 0. The number of pyridine rings is 1. The van der Waals surface area contributed by atoms with Crippen LogP contribution in [-0.2, 0) is 14.0 Å². The molecule has 0 atom stereocenters. The summed E-state index contributed by atoms with van der Waals surface area (Å²) in [6.45, 7) is 11.7. The Morgan fingerprint density at radius 1 is 1.17 bits per heavy atom. The van der Waals surface area contributed by atoms with Crippen LogP contribution in [0.1, 0.15) is 66.3 Å². The molecule has 0 aromatic carbocycles. The van der Waals surface area contributed by atoms with E-state index in [0.29, 0.717) is 19.7 Å². The van der Waals surface area contributed by atoms with Crippen molar-refractivity contribution in [2.45, 2.75) is 77.5 Å². The number of aromatic nitrogens is 1. The topological polar surface area (TPSA) is 70.0 Å². The monoisotopic (exact) mass is 404 g/mol. The zero-order chi connectivity index (χ0) is 21.2. The molecular formula is C21H33BN2O5. The van der Waals surface area contributed by atoms with E-state index < -0.39 is 18.3 Å². The van der Waals surface area contributed by atoms with E-state index in [1.165, 1.54) is 0 Å². The lowest BCUT2D eigenvalue weighted by atomic mass is 9.80. The number of unbranched alkanes of at least 4 members (excludes halogenated alkanes) is 1. The molecule has 2 aliphatic rings. The van der Waals surface area contributed by atoms with Crippen molar-refractivity contribution in [1.82, 2.24) is 9.47 Å².